The molecule has 5 heteroatoms. The Morgan fingerprint density at radius 3 is 2.83 bits per heavy atom. The number of carbonyl (C=O) groups excluding carboxylic acids is 1. The van der Waals surface area contributed by atoms with Gasteiger partial charge in [-0.15, -0.1) is 0 Å². The molecule has 0 aliphatic rings. The highest BCUT2D eigenvalue weighted by Crippen LogP contribution is 2.22. The molecule has 5 nitrogen and oxygen atoms in total. The molecule has 2 aromatic rings. The molecule has 1 heterocycles. The molecule has 0 radical (unpaired) electrons. The number of esters is 1. The van der Waals surface area contributed by atoms with Gasteiger partial charge in [0.15, 0.2) is 0 Å². The van der Waals surface area contributed by atoms with Crippen molar-refractivity contribution in [1.29, 1.82) is 0 Å². The molecule has 0 saturated carbocycles. The van der Waals surface area contributed by atoms with Crippen molar-refractivity contribution in [2.24, 2.45) is 0 Å². The fourth-order valence-corrected chi connectivity index (χ4v) is 1.65. The number of aryl methyl sites for hydroxylation is 1. The molecule has 0 spiro atoms. The fraction of sp³-hybridized carbons (Fsp3) is 0.308. The van der Waals surface area contributed by atoms with Crippen molar-refractivity contribution < 1.29 is 14.1 Å². The number of nitrogens with zero attached hydrogens (tertiary/aromatic N) is 2. The summed E-state index contributed by atoms with van der Waals surface area (Å²) in [6.07, 6.45) is 0.854. The van der Waals surface area contributed by atoms with Crippen molar-refractivity contribution in [2.75, 3.05) is 6.61 Å². The zero-order valence-electron chi connectivity index (χ0n) is 10.3. The molecule has 18 heavy (non-hydrogen) atoms. The largest absolute Gasteiger partial charge is 0.460 e. The van der Waals surface area contributed by atoms with E-state index in [0.29, 0.717) is 5.89 Å². The van der Waals surface area contributed by atoms with E-state index in [2.05, 4.69) is 10.1 Å². The van der Waals surface area contributed by atoms with Gasteiger partial charge in [-0.1, -0.05) is 25.1 Å². The molecule has 0 N–H and O–H groups in total. The van der Waals surface area contributed by atoms with Crippen LogP contribution in [0.1, 0.15) is 30.0 Å². The monoisotopic (exact) mass is 246 g/mol. The maximum atomic E-state index is 11.4. The molecule has 94 valence electrons. The molecule has 0 saturated heterocycles. The highest BCUT2D eigenvalue weighted by Gasteiger charge is 2.17. The van der Waals surface area contributed by atoms with E-state index in [0.717, 1.165) is 17.5 Å². The van der Waals surface area contributed by atoms with Crippen LogP contribution in [0.25, 0.3) is 11.5 Å². The van der Waals surface area contributed by atoms with Gasteiger partial charge in [0, 0.05) is 5.56 Å². The smallest absolute Gasteiger partial charge is 0.379 e. The maximum absolute atomic E-state index is 11.4. The second-order valence-corrected chi connectivity index (χ2v) is 3.65. The Kier molecular flexibility index (Phi) is 3.72. The molecule has 0 unspecified atom stereocenters. The Bertz CT molecular complexity index is 549. The van der Waals surface area contributed by atoms with E-state index < -0.39 is 5.97 Å². The lowest BCUT2D eigenvalue weighted by atomic mass is 10.1. The lowest BCUT2D eigenvalue weighted by molar-refractivity contribution is 0.0508. The Morgan fingerprint density at radius 2 is 2.11 bits per heavy atom. The standard InChI is InChI=1S/C13H14N2O3/c1-3-9-7-5-6-8-10(9)12-14-11(15-18-12)13(16)17-4-2/h5-8H,3-4H2,1-2H3. The van der Waals surface area contributed by atoms with Crippen LogP contribution >= 0.6 is 0 Å². The molecule has 1 aromatic carbocycles. The first kappa shape index (κ1) is 12.3. The van der Waals surface area contributed by atoms with Crippen LogP contribution in [0.3, 0.4) is 0 Å². The number of hydrogen-bond acceptors (Lipinski definition) is 5. The number of aromatic nitrogens is 2. The highest BCUT2D eigenvalue weighted by atomic mass is 16.5. The third-order valence-corrected chi connectivity index (χ3v) is 2.51. The van der Waals surface area contributed by atoms with E-state index in [-0.39, 0.29) is 12.4 Å². The number of benzene rings is 1. The quantitative estimate of drug-likeness (QED) is 0.775. The third-order valence-electron chi connectivity index (χ3n) is 2.51. The van der Waals surface area contributed by atoms with E-state index in [1.54, 1.807) is 6.92 Å². The zero-order valence-corrected chi connectivity index (χ0v) is 10.3. The normalized spacial score (nSPS) is 10.3. The van der Waals surface area contributed by atoms with Crippen LogP contribution in [0.4, 0.5) is 0 Å². The number of rotatable bonds is 4. The number of carbonyl (C=O) groups is 1. The van der Waals surface area contributed by atoms with E-state index in [9.17, 15) is 4.79 Å². The van der Waals surface area contributed by atoms with Gasteiger partial charge >= 0.3 is 5.97 Å². The molecule has 0 bridgehead atoms. The van der Waals surface area contributed by atoms with E-state index >= 15 is 0 Å². The van der Waals surface area contributed by atoms with Crippen LogP contribution < -0.4 is 0 Å². The summed E-state index contributed by atoms with van der Waals surface area (Å²) in [4.78, 5) is 15.5. The fourth-order valence-electron chi connectivity index (χ4n) is 1.65. The van der Waals surface area contributed by atoms with Crippen molar-refractivity contribution in [2.45, 2.75) is 20.3 Å². The van der Waals surface area contributed by atoms with E-state index in [4.69, 9.17) is 9.26 Å². The van der Waals surface area contributed by atoms with Crippen molar-refractivity contribution in [3.63, 3.8) is 0 Å². The van der Waals surface area contributed by atoms with Gasteiger partial charge in [-0.25, -0.2) is 4.79 Å². The molecular formula is C13H14N2O3. The Labute approximate surface area is 105 Å². The van der Waals surface area contributed by atoms with Gasteiger partial charge in [0.05, 0.1) is 6.61 Å². The minimum absolute atomic E-state index is 0.0437. The zero-order chi connectivity index (χ0) is 13.0. The van der Waals surface area contributed by atoms with Crippen molar-refractivity contribution in [3.8, 4) is 11.5 Å². The summed E-state index contributed by atoms with van der Waals surface area (Å²) in [5.74, 6) is -0.269. The van der Waals surface area contributed by atoms with Gasteiger partial charge in [-0.05, 0) is 30.1 Å². The molecule has 0 aliphatic carbocycles. The van der Waals surface area contributed by atoms with Gasteiger partial charge in [-0.2, -0.15) is 4.98 Å². The summed E-state index contributed by atoms with van der Waals surface area (Å²) < 4.78 is 9.91. The summed E-state index contributed by atoms with van der Waals surface area (Å²) in [5.41, 5.74) is 1.94. The Morgan fingerprint density at radius 1 is 1.33 bits per heavy atom. The predicted molar refractivity (Wildman–Crippen MR) is 65.1 cm³/mol. The van der Waals surface area contributed by atoms with Gasteiger partial charge < -0.3 is 9.26 Å². The van der Waals surface area contributed by atoms with Crippen molar-refractivity contribution in [3.05, 3.63) is 35.7 Å². The minimum atomic E-state index is -0.568. The lowest BCUT2D eigenvalue weighted by Crippen LogP contribution is -2.06. The number of ether oxygens (including phenoxy) is 1. The van der Waals surface area contributed by atoms with Crippen LogP contribution in [-0.4, -0.2) is 22.7 Å². The summed E-state index contributed by atoms with van der Waals surface area (Å²) >= 11 is 0. The Balaban J connectivity index is 2.32. The van der Waals surface area contributed by atoms with Gasteiger partial charge in [0.2, 0.25) is 0 Å². The second-order valence-electron chi connectivity index (χ2n) is 3.65. The van der Waals surface area contributed by atoms with Crippen LogP contribution in [-0.2, 0) is 11.2 Å². The summed E-state index contributed by atoms with van der Waals surface area (Å²) in [7, 11) is 0. The minimum Gasteiger partial charge on any atom is -0.460 e. The molecule has 2 rings (SSSR count). The predicted octanol–water partition coefficient (Wildman–Crippen LogP) is 2.48. The van der Waals surface area contributed by atoms with Crippen LogP contribution in [0.15, 0.2) is 28.8 Å². The molecular weight excluding hydrogens is 232 g/mol. The highest BCUT2D eigenvalue weighted by molar-refractivity contribution is 5.85. The van der Waals surface area contributed by atoms with Crippen LogP contribution in [0, 0.1) is 0 Å². The summed E-state index contributed by atoms with van der Waals surface area (Å²) in [6, 6.07) is 7.72. The number of hydrogen-bond donors (Lipinski definition) is 0. The van der Waals surface area contributed by atoms with Gasteiger partial charge in [0.25, 0.3) is 11.7 Å². The summed E-state index contributed by atoms with van der Waals surface area (Å²) in [5, 5.41) is 3.63. The molecule has 0 amide bonds. The average Bonchev–Trinajstić information content (AvgIpc) is 2.88. The maximum Gasteiger partial charge on any atom is 0.379 e. The first-order chi connectivity index (χ1) is 8.76. The SMILES string of the molecule is CCOC(=O)c1noc(-c2ccccc2CC)n1. The molecule has 0 atom stereocenters. The Hall–Kier alpha value is -2.17. The molecule has 1 aromatic heterocycles. The van der Waals surface area contributed by atoms with Crippen molar-refractivity contribution >= 4 is 5.97 Å². The first-order valence-electron chi connectivity index (χ1n) is 5.85. The first-order valence-corrected chi connectivity index (χ1v) is 5.85. The van der Waals surface area contributed by atoms with Gasteiger partial charge in [-0.3, -0.25) is 0 Å². The third kappa shape index (κ3) is 2.40. The van der Waals surface area contributed by atoms with E-state index in [1.165, 1.54) is 0 Å². The van der Waals surface area contributed by atoms with Crippen molar-refractivity contribution in [1.82, 2.24) is 10.1 Å². The lowest BCUT2D eigenvalue weighted by Gasteiger charge is -2.01. The molecule has 0 aliphatic heterocycles. The van der Waals surface area contributed by atoms with E-state index in [1.807, 2.05) is 31.2 Å². The topological polar surface area (TPSA) is 65.2 Å². The van der Waals surface area contributed by atoms with Crippen LogP contribution in [0.5, 0.6) is 0 Å². The van der Waals surface area contributed by atoms with Gasteiger partial charge in [0.1, 0.15) is 0 Å². The second kappa shape index (κ2) is 5.44. The average molecular weight is 246 g/mol. The van der Waals surface area contributed by atoms with Crippen LogP contribution in [0.2, 0.25) is 0 Å². The summed E-state index contributed by atoms with van der Waals surface area (Å²) in [6.45, 7) is 4.06. The molecule has 0 fully saturated rings.